The lowest BCUT2D eigenvalue weighted by molar-refractivity contribution is -0.117. The number of hydrogen-bond acceptors (Lipinski definition) is 5. The molecule has 7 nitrogen and oxygen atoms in total. The smallest absolute Gasteiger partial charge is 0.338 e. The van der Waals surface area contributed by atoms with Crippen molar-refractivity contribution in [2.45, 2.75) is 31.1 Å². The molecule has 2 aromatic rings. The van der Waals surface area contributed by atoms with Crippen LogP contribution in [0.5, 0.6) is 0 Å². The number of amides is 1. The van der Waals surface area contributed by atoms with E-state index in [2.05, 4.69) is 4.72 Å². The molecule has 0 unspecified atom stereocenters. The van der Waals surface area contributed by atoms with Gasteiger partial charge in [0.05, 0.1) is 23.5 Å². The van der Waals surface area contributed by atoms with Crippen molar-refractivity contribution in [3.05, 3.63) is 53.6 Å². The van der Waals surface area contributed by atoms with Crippen molar-refractivity contribution in [1.29, 1.82) is 0 Å². The number of carbonyl (C=O) groups is 2. The highest BCUT2D eigenvalue weighted by Crippen LogP contribution is 2.30. The van der Waals surface area contributed by atoms with Gasteiger partial charge in [-0.1, -0.05) is 13.3 Å². The molecule has 0 bridgehead atoms. The minimum atomic E-state index is -3.82. The van der Waals surface area contributed by atoms with Gasteiger partial charge in [0.25, 0.3) is 10.0 Å². The first-order valence-electron chi connectivity index (χ1n) is 9.01. The van der Waals surface area contributed by atoms with E-state index in [4.69, 9.17) is 4.74 Å². The lowest BCUT2D eigenvalue weighted by Crippen LogP contribution is -2.20. The van der Waals surface area contributed by atoms with Crippen molar-refractivity contribution >= 4 is 33.3 Å². The molecule has 2 aromatic carbocycles. The van der Waals surface area contributed by atoms with Gasteiger partial charge in [0, 0.05) is 18.4 Å². The summed E-state index contributed by atoms with van der Waals surface area (Å²) >= 11 is 0. The monoisotopic (exact) mass is 402 g/mol. The van der Waals surface area contributed by atoms with Crippen molar-refractivity contribution in [2.75, 3.05) is 23.3 Å². The zero-order valence-corrected chi connectivity index (χ0v) is 16.6. The van der Waals surface area contributed by atoms with Crippen LogP contribution in [0.3, 0.4) is 0 Å². The van der Waals surface area contributed by atoms with Crippen LogP contribution in [0.25, 0.3) is 0 Å². The average molecular weight is 402 g/mol. The number of likely N-dealkylation sites (N-methyl/N-ethyl adjacent to an activating group) is 1. The van der Waals surface area contributed by atoms with Gasteiger partial charge in [-0.2, -0.15) is 0 Å². The summed E-state index contributed by atoms with van der Waals surface area (Å²) in [5.74, 6) is -0.505. The summed E-state index contributed by atoms with van der Waals surface area (Å²) in [4.78, 5) is 25.3. The summed E-state index contributed by atoms with van der Waals surface area (Å²) in [5, 5.41) is 0. The quantitative estimate of drug-likeness (QED) is 0.568. The van der Waals surface area contributed by atoms with Crippen LogP contribution in [-0.4, -0.2) is 33.9 Å². The molecule has 1 amide bonds. The fraction of sp³-hybridized carbons (Fsp3) is 0.300. The Kier molecular flexibility index (Phi) is 5.69. The minimum Gasteiger partial charge on any atom is -0.462 e. The van der Waals surface area contributed by atoms with E-state index >= 15 is 0 Å². The Morgan fingerprint density at radius 3 is 2.57 bits per heavy atom. The highest BCUT2D eigenvalue weighted by molar-refractivity contribution is 7.92. The topological polar surface area (TPSA) is 92.8 Å². The highest BCUT2D eigenvalue weighted by atomic mass is 32.2. The van der Waals surface area contributed by atoms with E-state index < -0.39 is 16.0 Å². The Balaban J connectivity index is 1.72. The van der Waals surface area contributed by atoms with Crippen LogP contribution in [-0.2, 0) is 26.0 Å². The van der Waals surface area contributed by atoms with Crippen LogP contribution in [0.2, 0.25) is 0 Å². The lowest BCUT2D eigenvalue weighted by Gasteiger charge is -2.12. The maximum absolute atomic E-state index is 12.7. The van der Waals surface area contributed by atoms with Crippen LogP contribution < -0.4 is 9.62 Å². The molecule has 0 saturated carbocycles. The zero-order chi connectivity index (χ0) is 20.3. The summed E-state index contributed by atoms with van der Waals surface area (Å²) < 4.78 is 32.9. The summed E-state index contributed by atoms with van der Waals surface area (Å²) in [7, 11) is -2.15. The number of esters is 1. The Morgan fingerprint density at radius 2 is 1.89 bits per heavy atom. The van der Waals surface area contributed by atoms with Gasteiger partial charge in [-0.3, -0.25) is 9.52 Å². The van der Waals surface area contributed by atoms with Gasteiger partial charge < -0.3 is 9.64 Å². The van der Waals surface area contributed by atoms with E-state index in [0.29, 0.717) is 23.4 Å². The fourth-order valence-corrected chi connectivity index (χ4v) is 4.00. The number of unbranched alkanes of at least 4 members (excludes halogenated alkanes) is 1. The Morgan fingerprint density at radius 1 is 1.18 bits per heavy atom. The van der Waals surface area contributed by atoms with E-state index in [-0.39, 0.29) is 17.2 Å². The Labute approximate surface area is 164 Å². The van der Waals surface area contributed by atoms with Gasteiger partial charge >= 0.3 is 5.97 Å². The molecule has 1 N–H and O–H groups in total. The number of carbonyl (C=O) groups excluding carboxylic acids is 2. The van der Waals surface area contributed by atoms with Crippen molar-refractivity contribution < 1.29 is 22.7 Å². The number of anilines is 2. The second-order valence-electron chi connectivity index (χ2n) is 6.59. The van der Waals surface area contributed by atoms with E-state index in [0.717, 1.165) is 18.5 Å². The average Bonchev–Trinajstić information content (AvgIpc) is 2.95. The molecule has 0 saturated heterocycles. The molecule has 1 aliphatic rings. The normalized spacial score (nSPS) is 13.4. The summed E-state index contributed by atoms with van der Waals surface area (Å²) in [5.41, 5.74) is 2.09. The van der Waals surface area contributed by atoms with Crippen LogP contribution in [0.15, 0.2) is 47.4 Å². The molecule has 1 heterocycles. The second kappa shape index (κ2) is 8.02. The SMILES string of the molecule is CCCCOC(=O)c1ccc(NS(=O)(=O)c2ccc3c(c2)CC(=O)N3C)cc1. The molecule has 148 valence electrons. The number of benzene rings is 2. The third-order valence-corrected chi connectivity index (χ3v) is 5.92. The van der Waals surface area contributed by atoms with Crippen LogP contribution >= 0.6 is 0 Å². The number of fused-ring (bicyclic) bond motifs is 1. The minimum absolute atomic E-state index is 0.0704. The molecule has 0 spiro atoms. The largest absolute Gasteiger partial charge is 0.462 e. The third kappa shape index (κ3) is 4.17. The molecular weight excluding hydrogens is 380 g/mol. The Hall–Kier alpha value is -2.87. The van der Waals surface area contributed by atoms with Crippen LogP contribution in [0.1, 0.15) is 35.7 Å². The summed E-state index contributed by atoms with van der Waals surface area (Å²) in [6.07, 6.45) is 1.91. The molecular formula is C20H22N2O5S. The summed E-state index contributed by atoms with van der Waals surface area (Å²) in [6.45, 7) is 2.37. The molecule has 28 heavy (non-hydrogen) atoms. The fourth-order valence-electron chi connectivity index (χ4n) is 2.89. The van der Waals surface area contributed by atoms with Gasteiger partial charge in [-0.25, -0.2) is 13.2 Å². The Bertz CT molecular complexity index is 1000. The van der Waals surface area contributed by atoms with Crippen LogP contribution in [0.4, 0.5) is 11.4 Å². The molecule has 8 heteroatoms. The highest BCUT2D eigenvalue weighted by Gasteiger charge is 2.26. The van der Waals surface area contributed by atoms with Gasteiger partial charge in [-0.05, 0) is 54.4 Å². The molecule has 0 aromatic heterocycles. The first kappa shape index (κ1) is 19.9. The van der Waals surface area contributed by atoms with E-state index in [1.807, 2.05) is 6.92 Å². The van der Waals surface area contributed by atoms with Crippen molar-refractivity contribution in [2.24, 2.45) is 0 Å². The number of rotatable bonds is 7. The molecule has 0 atom stereocenters. The van der Waals surface area contributed by atoms with Crippen molar-refractivity contribution in [3.8, 4) is 0 Å². The van der Waals surface area contributed by atoms with E-state index in [1.54, 1.807) is 13.1 Å². The van der Waals surface area contributed by atoms with E-state index in [1.165, 1.54) is 41.3 Å². The second-order valence-corrected chi connectivity index (χ2v) is 8.27. The number of nitrogens with zero attached hydrogens (tertiary/aromatic N) is 1. The van der Waals surface area contributed by atoms with Gasteiger partial charge in [0.2, 0.25) is 5.91 Å². The number of sulfonamides is 1. The first-order valence-corrected chi connectivity index (χ1v) is 10.5. The molecule has 0 fully saturated rings. The predicted molar refractivity (Wildman–Crippen MR) is 106 cm³/mol. The molecule has 0 aliphatic carbocycles. The molecule has 0 radical (unpaired) electrons. The molecule has 3 rings (SSSR count). The number of nitrogens with one attached hydrogen (secondary N) is 1. The predicted octanol–water partition coefficient (Wildman–Crippen LogP) is 2.96. The zero-order valence-electron chi connectivity index (χ0n) is 15.8. The van der Waals surface area contributed by atoms with Crippen molar-refractivity contribution in [3.63, 3.8) is 0 Å². The van der Waals surface area contributed by atoms with Crippen molar-refractivity contribution in [1.82, 2.24) is 0 Å². The van der Waals surface area contributed by atoms with Crippen LogP contribution in [0, 0.1) is 0 Å². The maximum atomic E-state index is 12.7. The standard InChI is InChI=1S/C20H22N2O5S/c1-3-4-11-27-20(24)14-5-7-16(8-6-14)21-28(25,26)17-9-10-18-15(12-17)13-19(23)22(18)2/h5-10,12,21H,3-4,11,13H2,1-2H3. The summed E-state index contributed by atoms with van der Waals surface area (Å²) in [6, 6.07) is 10.7. The molecule has 1 aliphatic heterocycles. The van der Waals surface area contributed by atoms with E-state index in [9.17, 15) is 18.0 Å². The third-order valence-electron chi connectivity index (χ3n) is 4.54. The number of ether oxygens (including phenoxy) is 1. The van der Waals surface area contributed by atoms with Gasteiger partial charge in [-0.15, -0.1) is 0 Å². The number of hydrogen-bond donors (Lipinski definition) is 1. The lowest BCUT2D eigenvalue weighted by atomic mass is 10.2. The van der Waals surface area contributed by atoms with Gasteiger partial charge in [0.1, 0.15) is 0 Å². The van der Waals surface area contributed by atoms with Gasteiger partial charge in [0.15, 0.2) is 0 Å². The first-order chi connectivity index (χ1) is 13.3. The maximum Gasteiger partial charge on any atom is 0.338 e.